The monoisotopic (exact) mass is 449 g/mol. The lowest BCUT2D eigenvalue weighted by Crippen LogP contribution is -1.86. The van der Waals surface area contributed by atoms with Gasteiger partial charge in [0.15, 0.2) is 5.76 Å². The molecule has 6 rings (SSSR count). The molecule has 2 aromatic heterocycles. The van der Waals surface area contributed by atoms with Crippen LogP contribution in [0.2, 0.25) is 0 Å². The molecule has 0 aliphatic carbocycles. The Balaban J connectivity index is 1.39. The standard InChI is InChI=1S/C27H16FN3O3/c28-19-7-11-22-24(14-29-25(22)13-19)18-6-10-21-17(12-18)2-1-3-23(21)27-30-15-26(34-27)16-4-8-20(9-5-16)31(32)33/h1-15,29H. The van der Waals surface area contributed by atoms with Gasteiger partial charge in [-0.15, -0.1) is 0 Å². The number of nitrogens with one attached hydrogen (secondary N) is 1. The van der Waals surface area contributed by atoms with E-state index >= 15 is 0 Å². The maximum atomic E-state index is 13.6. The van der Waals surface area contributed by atoms with Crippen LogP contribution in [0.5, 0.6) is 0 Å². The van der Waals surface area contributed by atoms with Crippen molar-refractivity contribution >= 4 is 27.4 Å². The average Bonchev–Trinajstić information content (AvgIpc) is 3.51. The summed E-state index contributed by atoms with van der Waals surface area (Å²) in [6, 6.07) is 23.0. The molecule has 0 saturated heterocycles. The predicted octanol–water partition coefficient (Wildman–Crippen LogP) is 7.36. The Kier molecular flexibility index (Phi) is 4.48. The molecule has 0 atom stereocenters. The Bertz CT molecular complexity index is 1700. The van der Waals surface area contributed by atoms with Gasteiger partial charge in [-0.1, -0.05) is 24.3 Å². The maximum absolute atomic E-state index is 13.6. The molecule has 0 radical (unpaired) electrons. The minimum absolute atomic E-state index is 0.0219. The number of oxazole rings is 1. The van der Waals surface area contributed by atoms with Gasteiger partial charge in [0.05, 0.1) is 11.1 Å². The number of nitrogens with zero attached hydrogens (tertiary/aromatic N) is 2. The van der Waals surface area contributed by atoms with Gasteiger partial charge in [0.2, 0.25) is 5.89 Å². The third-order valence-electron chi connectivity index (χ3n) is 5.93. The molecule has 1 N–H and O–H groups in total. The number of aromatic nitrogens is 2. The Hall–Kier alpha value is -4.78. The third-order valence-corrected chi connectivity index (χ3v) is 5.93. The lowest BCUT2D eigenvalue weighted by molar-refractivity contribution is -0.384. The Morgan fingerprint density at radius 1 is 0.882 bits per heavy atom. The lowest BCUT2D eigenvalue weighted by atomic mass is 9.98. The van der Waals surface area contributed by atoms with E-state index in [4.69, 9.17) is 4.42 Å². The molecule has 0 aliphatic rings. The van der Waals surface area contributed by atoms with Gasteiger partial charge in [0.25, 0.3) is 5.69 Å². The van der Waals surface area contributed by atoms with E-state index in [9.17, 15) is 14.5 Å². The van der Waals surface area contributed by atoms with E-state index in [0.717, 1.165) is 38.4 Å². The summed E-state index contributed by atoms with van der Waals surface area (Å²) in [4.78, 5) is 18.0. The van der Waals surface area contributed by atoms with Crippen LogP contribution >= 0.6 is 0 Å². The smallest absolute Gasteiger partial charge is 0.269 e. The van der Waals surface area contributed by atoms with Crippen molar-refractivity contribution in [3.63, 3.8) is 0 Å². The van der Waals surface area contributed by atoms with E-state index in [2.05, 4.69) is 16.0 Å². The quantitative estimate of drug-likeness (QED) is 0.225. The summed E-state index contributed by atoms with van der Waals surface area (Å²) in [5.41, 5.74) is 4.34. The van der Waals surface area contributed by atoms with E-state index in [1.165, 1.54) is 24.3 Å². The zero-order valence-corrected chi connectivity index (χ0v) is 17.7. The van der Waals surface area contributed by atoms with E-state index in [1.54, 1.807) is 24.4 Å². The van der Waals surface area contributed by atoms with Crippen molar-refractivity contribution in [2.45, 2.75) is 0 Å². The van der Waals surface area contributed by atoms with Gasteiger partial charge in [0.1, 0.15) is 5.82 Å². The first-order valence-corrected chi connectivity index (χ1v) is 10.6. The molecule has 0 unspecified atom stereocenters. The minimum atomic E-state index is -0.436. The lowest BCUT2D eigenvalue weighted by Gasteiger charge is -2.07. The fourth-order valence-electron chi connectivity index (χ4n) is 4.25. The van der Waals surface area contributed by atoms with Crippen molar-refractivity contribution in [3.8, 4) is 33.9 Å². The van der Waals surface area contributed by atoms with Crippen molar-refractivity contribution < 1.29 is 13.7 Å². The van der Waals surface area contributed by atoms with Gasteiger partial charge < -0.3 is 9.40 Å². The molecule has 0 spiro atoms. The summed E-state index contributed by atoms with van der Waals surface area (Å²) in [6.07, 6.45) is 3.51. The van der Waals surface area contributed by atoms with Gasteiger partial charge in [-0.3, -0.25) is 10.1 Å². The number of H-pyrrole nitrogens is 1. The van der Waals surface area contributed by atoms with Crippen molar-refractivity contribution in [2.24, 2.45) is 0 Å². The first kappa shape index (κ1) is 19.9. The number of non-ortho nitro benzene ring substituents is 1. The number of nitro groups is 1. The SMILES string of the molecule is O=[N+]([O-])c1ccc(-c2cnc(-c3cccc4cc(-c5c[nH]c6cc(F)ccc56)ccc34)o2)cc1. The van der Waals surface area contributed by atoms with Crippen LogP contribution in [0.4, 0.5) is 10.1 Å². The van der Waals surface area contributed by atoms with Crippen LogP contribution in [0.25, 0.3) is 55.6 Å². The first-order valence-electron chi connectivity index (χ1n) is 10.6. The summed E-state index contributed by atoms with van der Waals surface area (Å²) in [5, 5.41) is 13.8. The molecule has 164 valence electrons. The van der Waals surface area contributed by atoms with Gasteiger partial charge in [0, 0.05) is 45.9 Å². The molecule has 0 amide bonds. The normalized spacial score (nSPS) is 11.3. The van der Waals surface area contributed by atoms with E-state index in [0.29, 0.717) is 17.2 Å². The van der Waals surface area contributed by atoms with Crippen LogP contribution in [-0.2, 0) is 0 Å². The summed E-state index contributed by atoms with van der Waals surface area (Å²) in [7, 11) is 0. The predicted molar refractivity (Wildman–Crippen MR) is 129 cm³/mol. The summed E-state index contributed by atoms with van der Waals surface area (Å²) in [6.45, 7) is 0. The van der Waals surface area contributed by atoms with Crippen LogP contribution < -0.4 is 0 Å². The highest BCUT2D eigenvalue weighted by molar-refractivity contribution is 6.01. The summed E-state index contributed by atoms with van der Waals surface area (Å²) >= 11 is 0. The zero-order chi connectivity index (χ0) is 23.2. The maximum Gasteiger partial charge on any atom is 0.269 e. The number of hydrogen-bond donors (Lipinski definition) is 1. The highest BCUT2D eigenvalue weighted by Crippen LogP contribution is 2.35. The molecule has 0 aliphatic heterocycles. The van der Waals surface area contributed by atoms with Crippen LogP contribution in [0.3, 0.4) is 0 Å². The van der Waals surface area contributed by atoms with Crippen LogP contribution in [-0.4, -0.2) is 14.9 Å². The van der Waals surface area contributed by atoms with Crippen LogP contribution in [0.15, 0.2) is 95.7 Å². The summed E-state index contributed by atoms with van der Waals surface area (Å²) in [5.74, 6) is 0.724. The highest BCUT2D eigenvalue weighted by atomic mass is 19.1. The van der Waals surface area contributed by atoms with E-state index in [1.807, 2.05) is 36.5 Å². The molecule has 0 fully saturated rings. The van der Waals surface area contributed by atoms with Crippen LogP contribution in [0.1, 0.15) is 0 Å². The second kappa shape index (κ2) is 7.67. The van der Waals surface area contributed by atoms with Crippen molar-refractivity contribution in [1.82, 2.24) is 9.97 Å². The number of halogens is 1. The van der Waals surface area contributed by atoms with Crippen molar-refractivity contribution in [3.05, 3.63) is 107 Å². The Labute approximate surface area is 192 Å². The Morgan fingerprint density at radius 3 is 2.50 bits per heavy atom. The second-order valence-corrected chi connectivity index (χ2v) is 7.97. The van der Waals surface area contributed by atoms with Gasteiger partial charge >= 0.3 is 0 Å². The molecule has 0 bridgehead atoms. The van der Waals surface area contributed by atoms with Gasteiger partial charge in [-0.05, 0) is 58.8 Å². The third kappa shape index (κ3) is 3.31. The largest absolute Gasteiger partial charge is 0.436 e. The fraction of sp³-hybridized carbons (Fsp3) is 0. The second-order valence-electron chi connectivity index (χ2n) is 7.97. The molecule has 34 heavy (non-hydrogen) atoms. The number of aromatic amines is 1. The van der Waals surface area contributed by atoms with Gasteiger partial charge in [-0.2, -0.15) is 0 Å². The van der Waals surface area contributed by atoms with Crippen LogP contribution in [0, 0.1) is 15.9 Å². The van der Waals surface area contributed by atoms with E-state index < -0.39 is 4.92 Å². The first-order chi connectivity index (χ1) is 16.6. The number of nitro benzene ring substituents is 1. The molecule has 6 aromatic rings. The van der Waals surface area contributed by atoms with E-state index in [-0.39, 0.29) is 11.5 Å². The van der Waals surface area contributed by atoms with Crippen molar-refractivity contribution in [2.75, 3.05) is 0 Å². The molecule has 4 aromatic carbocycles. The molecular formula is C27H16FN3O3. The highest BCUT2D eigenvalue weighted by Gasteiger charge is 2.14. The summed E-state index contributed by atoms with van der Waals surface area (Å²) < 4.78 is 19.6. The number of hydrogen-bond acceptors (Lipinski definition) is 4. The molecule has 0 saturated carbocycles. The Morgan fingerprint density at radius 2 is 1.68 bits per heavy atom. The number of benzene rings is 4. The van der Waals surface area contributed by atoms with Gasteiger partial charge in [-0.25, -0.2) is 9.37 Å². The topological polar surface area (TPSA) is 85.0 Å². The minimum Gasteiger partial charge on any atom is -0.436 e. The molecule has 7 heteroatoms. The number of fused-ring (bicyclic) bond motifs is 2. The number of rotatable bonds is 4. The molecular weight excluding hydrogens is 433 g/mol. The van der Waals surface area contributed by atoms with Crippen molar-refractivity contribution in [1.29, 1.82) is 0 Å². The molecule has 6 nitrogen and oxygen atoms in total. The average molecular weight is 449 g/mol. The zero-order valence-electron chi connectivity index (χ0n) is 17.7. The molecule has 2 heterocycles. The fourth-order valence-corrected chi connectivity index (χ4v) is 4.25.